The van der Waals surface area contributed by atoms with Gasteiger partial charge in [0.05, 0.1) is 127 Å². The van der Waals surface area contributed by atoms with Gasteiger partial charge < -0.3 is 103 Å². The first-order chi connectivity index (χ1) is 71.2. The summed E-state index contributed by atoms with van der Waals surface area (Å²) in [7, 11) is 7.11. The molecule has 20 atom stereocenters. The molecule has 8 aromatic carbocycles. The highest BCUT2D eigenvalue weighted by Crippen LogP contribution is 2.51. The lowest BCUT2D eigenvalue weighted by Crippen LogP contribution is -2.47. The predicted molar refractivity (Wildman–Crippen MR) is 552 cm³/mol. The van der Waals surface area contributed by atoms with Gasteiger partial charge in [0.2, 0.25) is 0 Å². The molecule has 8 N–H and O–H groups in total. The summed E-state index contributed by atoms with van der Waals surface area (Å²) in [4.78, 5) is 73.3. The smallest absolute Gasteiger partial charge is 0.311 e. The number of nitrogens with zero attached hydrogens (tertiary/aromatic N) is 8. The van der Waals surface area contributed by atoms with E-state index in [0.29, 0.717) is 142 Å². The standard InChI is InChI=1S/C29H32BrN3O4.C29H33N3O5.2C29H33N3O4/c1-36-29(35)27-23-14-26(37-16-18-6-9-20(30)10-7-18)28-22(21-4-2-3-5-24(21)32-28)12-13-33(17-31)15-19(23)8-11-25(27)34;1-35-19-8-10-20(11-9-19)37-26-15-23-18(7-12-25(33)27(23)29(34)36-2)16-32(17-30)14-13-22-21-5-3-4-6-24(21)31-28(22)26;2*1-35-29(34)27-23-15-26(36-17-19-7-3-2-4-8-19)28-22(21-9-5-6-10-24(21)31-28)13-14-32(18-30)16-20(23)11-12-25(27)33/h2-7,9-10,19,23,25-27,32,34H,8,11-16H2,1H3;3-6,8-11,18,23,25-27,31,33H,7,12-16H2,1-2H3;2*2-10,20,23,25-27,31,33H,11-17H2,1H3/t19-,23-,25-,26+,27+;18-,23-,25-,26-,27+;20-,23-,25-,26+,27+;20-,23-,25-,26-,27+/m0000/s1. The van der Waals surface area contributed by atoms with Crippen LogP contribution in [-0.4, -0.2) is 196 Å². The molecule has 0 saturated heterocycles. The van der Waals surface area contributed by atoms with Crippen LogP contribution >= 0.6 is 15.9 Å². The number of para-hydroxylation sites is 4. The van der Waals surface area contributed by atoms with Crippen LogP contribution in [0.4, 0.5) is 0 Å². The van der Waals surface area contributed by atoms with Crippen molar-refractivity contribution in [3.8, 4) is 36.3 Å². The highest BCUT2D eigenvalue weighted by atomic mass is 79.9. The van der Waals surface area contributed by atoms with Crippen LogP contribution in [-0.2, 0) is 97.8 Å². The number of rotatable bonds is 16. The third kappa shape index (κ3) is 23.9. The number of aliphatic hydroxyl groups is 4. The van der Waals surface area contributed by atoms with Gasteiger partial charge in [-0.05, 0) is 250 Å². The van der Waals surface area contributed by atoms with Gasteiger partial charge in [-0.3, -0.25) is 19.2 Å². The fourth-order valence-corrected chi connectivity index (χ4v) is 24.9. The molecule has 4 aromatic heterocycles. The maximum Gasteiger partial charge on any atom is 0.311 e. The highest BCUT2D eigenvalue weighted by Gasteiger charge is 2.52. The van der Waals surface area contributed by atoms with Crippen molar-refractivity contribution in [1.29, 1.82) is 21.0 Å². The minimum absolute atomic E-state index is 0.0417. The second-order valence-electron chi connectivity index (χ2n) is 40.1. The number of aliphatic hydroxyl groups excluding tert-OH is 4. The number of nitriles is 4. The molecule has 764 valence electrons. The Balaban J connectivity index is 0.000000133. The van der Waals surface area contributed by atoms with Crippen LogP contribution in [0.3, 0.4) is 0 Å². The molecule has 8 heterocycles. The summed E-state index contributed by atoms with van der Waals surface area (Å²) in [6.07, 6.45) is 15.0. The van der Waals surface area contributed by atoms with Crippen LogP contribution in [0, 0.1) is 117 Å². The molecule has 4 saturated carbocycles. The first-order valence-electron chi connectivity index (χ1n) is 51.2. The Labute approximate surface area is 860 Å². The number of halogens is 1. The molecule has 0 amide bonds. The van der Waals surface area contributed by atoms with E-state index in [-0.39, 0.29) is 65.7 Å². The van der Waals surface area contributed by atoms with Crippen LogP contribution < -0.4 is 9.47 Å². The Kier molecular flexibility index (Phi) is 34.8. The van der Waals surface area contributed by atoms with E-state index in [9.17, 15) is 60.7 Å². The third-order valence-electron chi connectivity index (χ3n) is 32.0. The van der Waals surface area contributed by atoms with Gasteiger partial charge in [0, 0.05) is 118 Å². The molecule has 0 radical (unpaired) electrons. The van der Waals surface area contributed by atoms with E-state index in [1.165, 1.54) is 28.4 Å². The Bertz CT molecular complexity index is 6410. The Morgan fingerprint density at radius 1 is 0.329 bits per heavy atom. The van der Waals surface area contributed by atoms with Crippen molar-refractivity contribution in [2.75, 3.05) is 87.9 Å². The first-order valence-corrected chi connectivity index (χ1v) is 51.9. The maximum absolute atomic E-state index is 12.9. The number of nitrogens with one attached hydrogen (secondary N) is 4. The van der Waals surface area contributed by atoms with E-state index < -0.39 is 78.1 Å². The summed E-state index contributed by atoms with van der Waals surface area (Å²) in [5.74, 6) is -3.34. The van der Waals surface area contributed by atoms with Gasteiger partial charge in [-0.2, -0.15) is 21.0 Å². The molecule has 4 aliphatic carbocycles. The number of carbonyl (C=O) groups is 4. The van der Waals surface area contributed by atoms with Gasteiger partial charge in [0.1, 0.15) is 17.6 Å². The van der Waals surface area contributed by atoms with E-state index in [2.05, 4.69) is 103 Å². The normalized spacial score (nSPS) is 26.2. The molecule has 4 aliphatic heterocycles. The lowest BCUT2D eigenvalue weighted by atomic mass is 9.67. The van der Waals surface area contributed by atoms with E-state index in [0.717, 1.165) is 154 Å². The summed E-state index contributed by atoms with van der Waals surface area (Å²) in [5, 5.41) is 87.8. The molecule has 20 rings (SSSR count). The average Bonchev–Trinajstić information content (AvgIpc) is 1.69. The van der Waals surface area contributed by atoms with Gasteiger partial charge in [-0.1, -0.05) is 162 Å². The average molecular weight is 2050 g/mol. The largest absolute Gasteiger partial charge is 0.497 e. The molecule has 8 aliphatic rings. The number of aromatic amines is 4. The number of esters is 4. The van der Waals surface area contributed by atoms with E-state index in [4.69, 9.17) is 42.6 Å². The SMILES string of the molecule is COC(=O)[C@@H]1[C@H]2C[C@@H](OCc3ccc(Br)cc3)c3[nH]c4ccccc4c3CCN(C#N)C[C@@H]2CC[C@@H]1O.COC(=O)[C@@H]1[C@H]2C[C@@H](OCc3ccccc3)c3[nH]c4ccccc4c3CCN(C#N)C[C@@H]2CC[C@@H]1O.COC(=O)[C@@H]1[C@H]2C[C@H](OCc3ccccc3)c3[nH]c4ccccc4c3CCN(C#N)C[C@@H]2CC[C@@H]1O.COC(=O)[C@@H]1[C@H]2C[C@H](Oc3ccc(OC)cc3)c3[nH]c4ccccc4c3CCN(C#N)C[C@@H]2CC[C@@H]1O. The summed E-state index contributed by atoms with van der Waals surface area (Å²) < 4.78 is 53.4. The van der Waals surface area contributed by atoms with E-state index in [1.807, 2.05) is 164 Å². The van der Waals surface area contributed by atoms with Crippen molar-refractivity contribution in [1.82, 2.24) is 39.5 Å². The van der Waals surface area contributed by atoms with Crippen LogP contribution in [0.15, 0.2) is 211 Å². The van der Waals surface area contributed by atoms with Crippen molar-refractivity contribution in [2.24, 2.45) is 71.0 Å². The molecule has 0 spiro atoms. The number of fused-ring (bicyclic) bond motifs is 16. The number of ether oxygens (including phenoxy) is 9. The molecule has 30 heteroatoms. The van der Waals surface area contributed by atoms with Gasteiger partial charge >= 0.3 is 23.9 Å². The fourth-order valence-electron chi connectivity index (χ4n) is 24.6. The number of hydrogen-bond donors (Lipinski definition) is 8. The minimum Gasteiger partial charge on any atom is -0.497 e. The minimum atomic E-state index is -0.795. The topological polar surface area (TPSA) is 404 Å². The summed E-state index contributed by atoms with van der Waals surface area (Å²) in [5.41, 5.74) is 15.8. The number of carbonyl (C=O) groups excluding carboxylic acids is 4. The van der Waals surface area contributed by atoms with Crippen molar-refractivity contribution >= 4 is 83.4 Å². The monoisotopic (exact) mass is 2040 g/mol. The summed E-state index contributed by atoms with van der Waals surface area (Å²) in [6.45, 7) is 5.83. The molecule has 0 unspecified atom stereocenters. The fraction of sp³-hybridized carbons (Fsp3) is 0.448. The van der Waals surface area contributed by atoms with Gasteiger partial charge in [0.15, 0.2) is 24.8 Å². The van der Waals surface area contributed by atoms with E-state index >= 15 is 0 Å². The Morgan fingerprint density at radius 2 is 0.582 bits per heavy atom. The number of benzene rings is 8. The molecule has 0 bridgehead atoms. The maximum atomic E-state index is 12.9. The Hall–Kier alpha value is -13.2. The number of hydrogen-bond acceptors (Lipinski definition) is 25. The van der Waals surface area contributed by atoms with Crippen molar-refractivity contribution in [3.63, 3.8) is 0 Å². The van der Waals surface area contributed by atoms with Gasteiger partial charge in [-0.15, -0.1) is 0 Å². The van der Waals surface area contributed by atoms with Crippen molar-refractivity contribution in [3.05, 3.63) is 272 Å². The zero-order chi connectivity index (χ0) is 102. The van der Waals surface area contributed by atoms with Crippen LogP contribution in [0.1, 0.15) is 163 Å². The summed E-state index contributed by atoms with van der Waals surface area (Å²) in [6, 6.07) is 68.4. The van der Waals surface area contributed by atoms with Crippen LogP contribution in [0.5, 0.6) is 11.5 Å². The second kappa shape index (κ2) is 48.8. The van der Waals surface area contributed by atoms with Gasteiger partial charge in [-0.25, -0.2) is 0 Å². The van der Waals surface area contributed by atoms with Crippen molar-refractivity contribution < 1.29 is 82.2 Å². The molecular weight excluding hydrogens is 1910 g/mol. The molecule has 29 nitrogen and oxygen atoms in total. The zero-order valence-corrected chi connectivity index (χ0v) is 84.9. The summed E-state index contributed by atoms with van der Waals surface area (Å²) >= 11 is 3.49. The number of aromatic nitrogens is 4. The lowest BCUT2D eigenvalue weighted by molar-refractivity contribution is -0.159. The second-order valence-corrected chi connectivity index (χ2v) is 41.0. The van der Waals surface area contributed by atoms with Crippen molar-refractivity contribution in [2.45, 2.75) is 171 Å². The van der Waals surface area contributed by atoms with Crippen LogP contribution in [0.2, 0.25) is 0 Å². The molecule has 4 fully saturated rings. The zero-order valence-electron chi connectivity index (χ0n) is 83.3. The highest BCUT2D eigenvalue weighted by molar-refractivity contribution is 9.10. The third-order valence-corrected chi connectivity index (χ3v) is 32.5. The van der Waals surface area contributed by atoms with Gasteiger partial charge in [0.25, 0.3) is 0 Å². The quantitative estimate of drug-likeness (QED) is 0.0253. The lowest BCUT2D eigenvalue weighted by Gasteiger charge is -2.42. The number of methoxy groups -OCH3 is 5. The predicted octanol–water partition coefficient (Wildman–Crippen LogP) is 18.0. The molecule has 146 heavy (non-hydrogen) atoms. The Morgan fingerprint density at radius 3 is 0.856 bits per heavy atom. The van der Waals surface area contributed by atoms with E-state index in [1.54, 1.807) is 26.7 Å². The molecule has 12 aromatic rings. The number of H-pyrrole nitrogens is 4. The van der Waals surface area contributed by atoms with Crippen LogP contribution in [0.25, 0.3) is 43.6 Å². The molecular formula is C116H131BrN12O17. The first kappa shape index (κ1) is 104.